The van der Waals surface area contributed by atoms with Gasteiger partial charge in [-0.15, -0.1) is 0 Å². The van der Waals surface area contributed by atoms with Crippen LogP contribution in [0.4, 0.5) is 0 Å². The zero-order valence-corrected chi connectivity index (χ0v) is 10.2. The summed E-state index contributed by atoms with van der Waals surface area (Å²) < 4.78 is 0. The molecule has 2 nitrogen and oxygen atoms in total. The molecule has 1 rings (SSSR count). The van der Waals surface area contributed by atoms with Gasteiger partial charge in [0, 0.05) is 13.1 Å². The molecule has 1 aliphatic rings. The predicted octanol–water partition coefficient (Wildman–Crippen LogP) is 2.66. The second-order valence-corrected chi connectivity index (χ2v) is 4.88. The zero-order valence-electron chi connectivity index (χ0n) is 10.2. The molecule has 0 saturated heterocycles. The van der Waals surface area contributed by atoms with Gasteiger partial charge in [0.1, 0.15) is 0 Å². The molecule has 0 atom stereocenters. The predicted molar refractivity (Wildman–Crippen MR) is 65.0 cm³/mol. The van der Waals surface area contributed by atoms with E-state index in [1.165, 1.54) is 58.0 Å². The van der Waals surface area contributed by atoms with Crippen LogP contribution in [-0.2, 0) is 0 Å². The van der Waals surface area contributed by atoms with E-state index < -0.39 is 0 Å². The third kappa shape index (κ3) is 5.53. The highest BCUT2D eigenvalue weighted by molar-refractivity contribution is 4.71. The maximum Gasteiger partial charge on any atom is 0.0558 e. The van der Waals surface area contributed by atoms with E-state index in [0.29, 0.717) is 6.61 Å². The largest absolute Gasteiger partial charge is 0.395 e. The van der Waals surface area contributed by atoms with Gasteiger partial charge in [0.15, 0.2) is 0 Å². The molecule has 90 valence electrons. The quantitative estimate of drug-likeness (QED) is 0.627. The molecule has 0 bridgehead atoms. The Labute approximate surface area is 94.7 Å². The van der Waals surface area contributed by atoms with Gasteiger partial charge in [0.25, 0.3) is 0 Å². The molecule has 0 aromatic heterocycles. The Bertz CT molecular complexity index is 143. The second kappa shape index (κ2) is 8.12. The lowest BCUT2D eigenvalue weighted by Crippen LogP contribution is -2.32. The van der Waals surface area contributed by atoms with Gasteiger partial charge in [0.2, 0.25) is 0 Å². The molecule has 0 aromatic rings. The van der Waals surface area contributed by atoms with Crippen molar-refractivity contribution in [2.45, 2.75) is 51.9 Å². The van der Waals surface area contributed by atoms with Crippen molar-refractivity contribution >= 4 is 0 Å². The van der Waals surface area contributed by atoms with Crippen LogP contribution >= 0.6 is 0 Å². The molecule has 1 fully saturated rings. The minimum atomic E-state index is 0.318. The topological polar surface area (TPSA) is 23.5 Å². The minimum absolute atomic E-state index is 0.318. The molecule has 0 radical (unpaired) electrons. The number of hydrogen-bond donors (Lipinski definition) is 1. The fraction of sp³-hybridized carbons (Fsp3) is 1.00. The summed E-state index contributed by atoms with van der Waals surface area (Å²) in [6, 6.07) is 0. The fourth-order valence-electron chi connectivity index (χ4n) is 2.58. The molecule has 0 aliphatic heterocycles. The highest BCUT2D eigenvalue weighted by Gasteiger charge is 2.17. The van der Waals surface area contributed by atoms with Crippen LogP contribution in [-0.4, -0.2) is 36.2 Å². The van der Waals surface area contributed by atoms with Crippen LogP contribution in [0.25, 0.3) is 0 Å². The molecule has 1 aliphatic carbocycles. The number of aliphatic hydroxyl groups excluding tert-OH is 1. The van der Waals surface area contributed by atoms with E-state index in [-0.39, 0.29) is 0 Å². The maximum atomic E-state index is 9.03. The molecule has 15 heavy (non-hydrogen) atoms. The summed E-state index contributed by atoms with van der Waals surface area (Å²) in [6.07, 6.45) is 9.58. The summed E-state index contributed by atoms with van der Waals surface area (Å²) in [7, 11) is 0. The molecule has 0 spiro atoms. The number of nitrogens with zero attached hydrogens (tertiary/aromatic N) is 1. The smallest absolute Gasteiger partial charge is 0.0558 e. The summed E-state index contributed by atoms with van der Waals surface area (Å²) in [5, 5.41) is 9.03. The zero-order chi connectivity index (χ0) is 10.9. The Hall–Kier alpha value is -0.0800. The Morgan fingerprint density at radius 3 is 2.47 bits per heavy atom. The summed E-state index contributed by atoms with van der Waals surface area (Å²) in [6.45, 7) is 5.85. The van der Waals surface area contributed by atoms with E-state index >= 15 is 0 Å². The first-order chi connectivity index (χ1) is 7.36. The number of unbranched alkanes of at least 4 members (excludes halogenated alkanes) is 2. The van der Waals surface area contributed by atoms with Crippen molar-refractivity contribution in [3.05, 3.63) is 0 Å². The van der Waals surface area contributed by atoms with Gasteiger partial charge >= 0.3 is 0 Å². The Balaban J connectivity index is 2.16. The molecule has 2 heteroatoms. The van der Waals surface area contributed by atoms with E-state index in [9.17, 15) is 0 Å². The highest BCUT2D eigenvalue weighted by atomic mass is 16.3. The van der Waals surface area contributed by atoms with Crippen LogP contribution in [0.2, 0.25) is 0 Å². The third-order valence-electron chi connectivity index (χ3n) is 3.49. The van der Waals surface area contributed by atoms with Crippen molar-refractivity contribution in [2.75, 3.05) is 26.2 Å². The van der Waals surface area contributed by atoms with Crippen molar-refractivity contribution in [2.24, 2.45) is 5.92 Å². The van der Waals surface area contributed by atoms with Crippen LogP contribution in [0.1, 0.15) is 51.9 Å². The lowest BCUT2D eigenvalue weighted by Gasteiger charge is -2.24. The van der Waals surface area contributed by atoms with E-state index in [2.05, 4.69) is 11.8 Å². The molecule has 0 aromatic carbocycles. The number of aliphatic hydroxyl groups is 1. The van der Waals surface area contributed by atoms with Crippen LogP contribution < -0.4 is 0 Å². The summed E-state index contributed by atoms with van der Waals surface area (Å²) >= 11 is 0. The van der Waals surface area contributed by atoms with E-state index in [1.807, 2.05) is 0 Å². The first-order valence-corrected chi connectivity index (χ1v) is 6.70. The molecule has 1 saturated carbocycles. The van der Waals surface area contributed by atoms with Crippen molar-refractivity contribution in [1.29, 1.82) is 0 Å². The SMILES string of the molecule is CCCCCN(CCO)CC1CCCC1. The summed E-state index contributed by atoms with van der Waals surface area (Å²) in [5.74, 6) is 0.915. The standard InChI is InChI=1S/C13H27NO/c1-2-3-6-9-14(10-11-15)12-13-7-4-5-8-13/h13,15H,2-12H2,1H3. The Kier molecular flexibility index (Phi) is 7.03. The van der Waals surface area contributed by atoms with Gasteiger partial charge in [0.05, 0.1) is 6.61 Å². The van der Waals surface area contributed by atoms with E-state index in [4.69, 9.17) is 5.11 Å². The summed E-state index contributed by atoms with van der Waals surface area (Å²) in [4.78, 5) is 2.46. The van der Waals surface area contributed by atoms with Crippen LogP contribution in [0.3, 0.4) is 0 Å². The third-order valence-corrected chi connectivity index (χ3v) is 3.49. The fourth-order valence-corrected chi connectivity index (χ4v) is 2.58. The average molecular weight is 213 g/mol. The van der Waals surface area contributed by atoms with Crippen molar-refractivity contribution < 1.29 is 5.11 Å². The van der Waals surface area contributed by atoms with Crippen LogP contribution in [0.15, 0.2) is 0 Å². The van der Waals surface area contributed by atoms with Crippen molar-refractivity contribution in [1.82, 2.24) is 4.90 Å². The second-order valence-electron chi connectivity index (χ2n) is 4.88. The van der Waals surface area contributed by atoms with E-state index in [0.717, 1.165) is 12.5 Å². The molecule has 0 heterocycles. The van der Waals surface area contributed by atoms with Crippen LogP contribution in [0, 0.1) is 5.92 Å². The van der Waals surface area contributed by atoms with Gasteiger partial charge in [-0.3, -0.25) is 0 Å². The highest BCUT2D eigenvalue weighted by Crippen LogP contribution is 2.25. The summed E-state index contributed by atoms with van der Waals surface area (Å²) in [5.41, 5.74) is 0. The van der Waals surface area contributed by atoms with Gasteiger partial charge in [-0.1, -0.05) is 32.6 Å². The normalized spacial score (nSPS) is 17.8. The molecular formula is C13H27NO. The minimum Gasteiger partial charge on any atom is -0.395 e. The molecule has 1 N–H and O–H groups in total. The first-order valence-electron chi connectivity index (χ1n) is 6.70. The molecule has 0 unspecified atom stereocenters. The van der Waals surface area contributed by atoms with Crippen molar-refractivity contribution in [3.8, 4) is 0 Å². The Morgan fingerprint density at radius 2 is 1.87 bits per heavy atom. The van der Waals surface area contributed by atoms with Gasteiger partial charge < -0.3 is 10.0 Å². The lowest BCUT2D eigenvalue weighted by molar-refractivity contribution is 0.173. The monoisotopic (exact) mass is 213 g/mol. The van der Waals surface area contributed by atoms with Gasteiger partial charge in [-0.25, -0.2) is 0 Å². The van der Waals surface area contributed by atoms with Gasteiger partial charge in [-0.05, 0) is 31.7 Å². The average Bonchev–Trinajstić information content (AvgIpc) is 2.71. The number of rotatable bonds is 8. The maximum absolute atomic E-state index is 9.03. The van der Waals surface area contributed by atoms with Crippen molar-refractivity contribution in [3.63, 3.8) is 0 Å². The van der Waals surface area contributed by atoms with Crippen LogP contribution in [0.5, 0.6) is 0 Å². The number of hydrogen-bond acceptors (Lipinski definition) is 2. The molecule has 0 amide bonds. The Morgan fingerprint density at radius 1 is 1.13 bits per heavy atom. The molecular weight excluding hydrogens is 186 g/mol. The van der Waals surface area contributed by atoms with E-state index in [1.54, 1.807) is 0 Å². The lowest BCUT2D eigenvalue weighted by atomic mass is 10.1. The van der Waals surface area contributed by atoms with Gasteiger partial charge in [-0.2, -0.15) is 0 Å². The first kappa shape index (κ1) is 13.0.